The molecule has 1 aliphatic heterocycles. The molecule has 22 heavy (non-hydrogen) atoms. The van der Waals surface area contributed by atoms with Crippen molar-refractivity contribution in [2.45, 2.75) is 6.54 Å². The van der Waals surface area contributed by atoms with Crippen LogP contribution in [0.3, 0.4) is 0 Å². The summed E-state index contributed by atoms with van der Waals surface area (Å²) in [6.45, 7) is 1.64. The fraction of sp³-hybridized carbons (Fsp3) is 0.188. The van der Waals surface area contributed by atoms with Crippen LogP contribution in [0.1, 0.15) is 11.1 Å². The Hall–Kier alpha value is -3.07. The molecule has 6 heteroatoms. The van der Waals surface area contributed by atoms with Gasteiger partial charge in [0, 0.05) is 12.1 Å². The van der Waals surface area contributed by atoms with Crippen LogP contribution >= 0.6 is 0 Å². The SMILES string of the molecule is N#Cc1cccc(Cn2nnc3cc4c(cc32)OCCO4)c1. The Morgan fingerprint density at radius 2 is 1.95 bits per heavy atom. The number of hydrogen-bond acceptors (Lipinski definition) is 5. The zero-order chi connectivity index (χ0) is 14.9. The second kappa shape index (κ2) is 5.04. The van der Waals surface area contributed by atoms with Crippen LogP contribution in [0.2, 0.25) is 0 Å². The van der Waals surface area contributed by atoms with Crippen LogP contribution in [0.4, 0.5) is 0 Å². The molecule has 1 aromatic heterocycles. The minimum atomic E-state index is 0.546. The van der Waals surface area contributed by atoms with Gasteiger partial charge >= 0.3 is 0 Å². The molecule has 0 saturated heterocycles. The Balaban J connectivity index is 1.74. The molecule has 0 amide bonds. The van der Waals surface area contributed by atoms with E-state index in [0.717, 1.165) is 16.6 Å². The van der Waals surface area contributed by atoms with Crippen LogP contribution in [0.25, 0.3) is 11.0 Å². The fourth-order valence-electron chi connectivity index (χ4n) is 2.53. The Kier molecular flexibility index (Phi) is 2.90. The lowest BCUT2D eigenvalue weighted by Crippen LogP contribution is -2.15. The van der Waals surface area contributed by atoms with E-state index < -0.39 is 0 Å². The van der Waals surface area contributed by atoms with Crippen LogP contribution in [-0.2, 0) is 6.54 Å². The van der Waals surface area contributed by atoms with Crippen LogP contribution in [0.5, 0.6) is 11.5 Å². The molecule has 0 aliphatic carbocycles. The average Bonchev–Trinajstić information content (AvgIpc) is 2.95. The van der Waals surface area contributed by atoms with Crippen molar-refractivity contribution in [3.63, 3.8) is 0 Å². The number of ether oxygens (including phenoxy) is 2. The standard InChI is InChI=1S/C16H12N4O2/c17-9-11-2-1-3-12(6-11)10-20-14-8-16-15(21-4-5-22-16)7-13(14)18-19-20/h1-3,6-8H,4-5,10H2. The van der Waals surface area contributed by atoms with Crippen LogP contribution in [-0.4, -0.2) is 28.2 Å². The first-order valence-corrected chi connectivity index (χ1v) is 6.95. The van der Waals surface area contributed by atoms with Crippen molar-refractivity contribution in [2.24, 2.45) is 0 Å². The summed E-state index contributed by atoms with van der Waals surface area (Å²) >= 11 is 0. The number of aromatic nitrogens is 3. The van der Waals surface area contributed by atoms with Gasteiger partial charge in [-0.3, -0.25) is 0 Å². The summed E-state index contributed by atoms with van der Waals surface area (Å²) in [7, 11) is 0. The maximum Gasteiger partial charge on any atom is 0.163 e. The Bertz CT molecular complexity index is 895. The van der Waals surface area contributed by atoms with Crippen molar-refractivity contribution < 1.29 is 9.47 Å². The van der Waals surface area contributed by atoms with Gasteiger partial charge in [-0.05, 0) is 17.7 Å². The van der Waals surface area contributed by atoms with Gasteiger partial charge in [0.05, 0.1) is 23.7 Å². The summed E-state index contributed by atoms with van der Waals surface area (Å²) in [5, 5.41) is 17.3. The molecule has 0 fully saturated rings. The highest BCUT2D eigenvalue weighted by Gasteiger charge is 2.16. The van der Waals surface area contributed by atoms with Crippen LogP contribution in [0, 0.1) is 11.3 Å². The first-order chi connectivity index (χ1) is 10.8. The Morgan fingerprint density at radius 3 is 2.77 bits per heavy atom. The zero-order valence-electron chi connectivity index (χ0n) is 11.7. The van der Waals surface area contributed by atoms with E-state index >= 15 is 0 Å². The maximum atomic E-state index is 8.98. The number of fused-ring (bicyclic) bond motifs is 2. The van der Waals surface area contributed by atoms with E-state index in [0.29, 0.717) is 36.8 Å². The number of nitrogens with zero attached hydrogens (tertiary/aromatic N) is 4. The summed E-state index contributed by atoms with van der Waals surface area (Å²) in [4.78, 5) is 0. The molecule has 2 aromatic carbocycles. The van der Waals surface area contributed by atoms with Crippen molar-refractivity contribution in [2.75, 3.05) is 13.2 Å². The summed E-state index contributed by atoms with van der Waals surface area (Å²) in [6.07, 6.45) is 0. The van der Waals surface area contributed by atoms with Gasteiger partial charge in [-0.15, -0.1) is 5.10 Å². The van der Waals surface area contributed by atoms with E-state index in [-0.39, 0.29) is 0 Å². The highest BCUT2D eigenvalue weighted by atomic mass is 16.6. The van der Waals surface area contributed by atoms with Gasteiger partial charge in [-0.25, -0.2) is 4.68 Å². The molecule has 0 N–H and O–H groups in total. The minimum Gasteiger partial charge on any atom is -0.486 e. The topological polar surface area (TPSA) is 73.0 Å². The molecule has 108 valence electrons. The molecule has 6 nitrogen and oxygen atoms in total. The highest BCUT2D eigenvalue weighted by Crippen LogP contribution is 2.33. The first-order valence-electron chi connectivity index (χ1n) is 6.95. The molecule has 4 rings (SSSR count). The number of rotatable bonds is 2. The van der Waals surface area contributed by atoms with Crippen molar-refractivity contribution in [3.8, 4) is 17.6 Å². The lowest BCUT2D eigenvalue weighted by atomic mass is 10.1. The largest absolute Gasteiger partial charge is 0.486 e. The molecule has 0 saturated carbocycles. The maximum absolute atomic E-state index is 8.98. The lowest BCUT2D eigenvalue weighted by molar-refractivity contribution is 0.172. The van der Waals surface area contributed by atoms with E-state index in [1.54, 1.807) is 10.7 Å². The third-order valence-electron chi connectivity index (χ3n) is 3.57. The normalized spacial score (nSPS) is 13.0. The Morgan fingerprint density at radius 1 is 1.14 bits per heavy atom. The molecule has 3 aromatic rings. The van der Waals surface area contributed by atoms with Gasteiger partial charge in [-0.1, -0.05) is 17.3 Å². The van der Waals surface area contributed by atoms with E-state index in [2.05, 4.69) is 16.4 Å². The summed E-state index contributed by atoms with van der Waals surface area (Å²) in [5.74, 6) is 1.42. The predicted molar refractivity (Wildman–Crippen MR) is 78.8 cm³/mol. The van der Waals surface area contributed by atoms with Gasteiger partial charge in [0.15, 0.2) is 11.5 Å². The number of hydrogen-bond donors (Lipinski definition) is 0. The zero-order valence-corrected chi connectivity index (χ0v) is 11.7. The molecule has 0 atom stereocenters. The monoisotopic (exact) mass is 292 g/mol. The summed E-state index contributed by atoms with van der Waals surface area (Å²) in [6, 6.07) is 13.4. The lowest BCUT2D eigenvalue weighted by Gasteiger charge is -2.18. The minimum absolute atomic E-state index is 0.546. The number of nitriles is 1. The summed E-state index contributed by atoms with van der Waals surface area (Å²) < 4.78 is 13.0. The van der Waals surface area contributed by atoms with Gasteiger partial charge in [0.1, 0.15) is 18.7 Å². The Labute approximate surface area is 126 Å². The smallest absolute Gasteiger partial charge is 0.163 e. The molecule has 0 bridgehead atoms. The van der Waals surface area contributed by atoms with E-state index in [4.69, 9.17) is 14.7 Å². The quantitative estimate of drug-likeness (QED) is 0.723. The van der Waals surface area contributed by atoms with E-state index in [9.17, 15) is 0 Å². The van der Waals surface area contributed by atoms with Gasteiger partial charge in [-0.2, -0.15) is 5.26 Å². The second-order valence-corrected chi connectivity index (χ2v) is 5.04. The third-order valence-corrected chi connectivity index (χ3v) is 3.57. The van der Waals surface area contributed by atoms with Crippen molar-refractivity contribution >= 4 is 11.0 Å². The molecule has 1 aliphatic rings. The van der Waals surface area contributed by atoms with Crippen LogP contribution < -0.4 is 9.47 Å². The first kappa shape index (κ1) is 12.7. The van der Waals surface area contributed by atoms with Crippen molar-refractivity contribution in [3.05, 3.63) is 47.5 Å². The molecular formula is C16H12N4O2. The highest BCUT2D eigenvalue weighted by molar-refractivity contribution is 5.79. The molecule has 0 spiro atoms. The fourth-order valence-corrected chi connectivity index (χ4v) is 2.53. The van der Waals surface area contributed by atoms with Gasteiger partial charge < -0.3 is 9.47 Å². The molecule has 2 heterocycles. The molecular weight excluding hydrogens is 280 g/mol. The van der Waals surface area contributed by atoms with Gasteiger partial charge in [0.25, 0.3) is 0 Å². The predicted octanol–water partition coefficient (Wildman–Crippen LogP) is 2.12. The van der Waals surface area contributed by atoms with Gasteiger partial charge in [0.2, 0.25) is 0 Å². The van der Waals surface area contributed by atoms with Crippen molar-refractivity contribution in [1.82, 2.24) is 15.0 Å². The summed E-state index contributed by atoms with van der Waals surface area (Å²) in [5.41, 5.74) is 3.28. The average molecular weight is 292 g/mol. The van der Waals surface area contributed by atoms with Crippen molar-refractivity contribution in [1.29, 1.82) is 5.26 Å². The van der Waals surface area contributed by atoms with E-state index in [1.807, 2.05) is 30.3 Å². The third kappa shape index (κ3) is 2.13. The molecule has 0 unspecified atom stereocenters. The van der Waals surface area contributed by atoms with E-state index in [1.165, 1.54) is 0 Å². The van der Waals surface area contributed by atoms with Crippen LogP contribution in [0.15, 0.2) is 36.4 Å². The molecule has 0 radical (unpaired) electrons. The number of benzene rings is 2. The second-order valence-electron chi connectivity index (χ2n) is 5.04.